The molecule has 0 bridgehead atoms. The summed E-state index contributed by atoms with van der Waals surface area (Å²) in [5, 5.41) is 23.1. The molecule has 35 heavy (non-hydrogen) atoms. The third-order valence-corrected chi connectivity index (χ3v) is 5.98. The second-order valence-electron chi connectivity index (χ2n) is 7.36. The highest BCUT2D eigenvalue weighted by Crippen LogP contribution is 2.36. The van der Waals surface area contributed by atoms with Crippen molar-refractivity contribution in [3.63, 3.8) is 0 Å². The SMILES string of the molecule is COc1ccc([N+](=O)[O-])cc1NC(=O)/C(C#N)=C/c1cc(Br)c(OCc2cccc(C)c2)c(Br)c1. The molecular weight excluding hydrogens is 582 g/mol. The number of carbonyl (C=O) groups excluding carboxylic acids is 1. The highest BCUT2D eigenvalue weighted by molar-refractivity contribution is 9.11. The van der Waals surface area contributed by atoms with E-state index in [9.17, 15) is 20.2 Å². The Bertz CT molecular complexity index is 1340. The molecule has 0 heterocycles. The largest absolute Gasteiger partial charge is 0.495 e. The Balaban J connectivity index is 1.82. The first kappa shape index (κ1) is 25.9. The van der Waals surface area contributed by atoms with E-state index in [4.69, 9.17) is 9.47 Å². The van der Waals surface area contributed by atoms with E-state index in [-0.39, 0.29) is 22.7 Å². The van der Waals surface area contributed by atoms with Crippen molar-refractivity contribution in [2.45, 2.75) is 13.5 Å². The number of hydrogen-bond acceptors (Lipinski definition) is 6. The molecule has 0 aliphatic rings. The molecule has 3 rings (SSSR count). The number of hydrogen-bond donors (Lipinski definition) is 1. The van der Waals surface area contributed by atoms with E-state index in [1.165, 1.54) is 31.4 Å². The minimum atomic E-state index is -0.738. The number of amides is 1. The Morgan fingerprint density at radius 2 is 1.89 bits per heavy atom. The van der Waals surface area contributed by atoms with Crippen LogP contribution in [-0.4, -0.2) is 17.9 Å². The van der Waals surface area contributed by atoms with Gasteiger partial charge in [-0.05, 0) is 74.2 Å². The number of halogens is 2. The van der Waals surface area contributed by atoms with Gasteiger partial charge in [-0.15, -0.1) is 0 Å². The van der Waals surface area contributed by atoms with Gasteiger partial charge >= 0.3 is 0 Å². The van der Waals surface area contributed by atoms with Crippen molar-refractivity contribution >= 4 is 55.2 Å². The summed E-state index contributed by atoms with van der Waals surface area (Å²) < 4.78 is 12.4. The number of methoxy groups -OCH3 is 1. The average Bonchev–Trinajstić information content (AvgIpc) is 2.81. The minimum Gasteiger partial charge on any atom is -0.495 e. The Morgan fingerprint density at radius 3 is 2.49 bits per heavy atom. The lowest BCUT2D eigenvalue weighted by Gasteiger charge is -2.12. The smallest absolute Gasteiger partial charge is 0.271 e. The molecule has 1 amide bonds. The van der Waals surface area contributed by atoms with Gasteiger partial charge in [0, 0.05) is 12.1 Å². The number of aryl methyl sites for hydroxylation is 1. The fourth-order valence-corrected chi connectivity index (χ4v) is 4.62. The number of nitrogens with one attached hydrogen (secondary N) is 1. The molecule has 10 heteroatoms. The lowest BCUT2D eigenvalue weighted by Crippen LogP contribution is -2.14. The zero-order chi connectivity index (χ0) is 25.5. The predicted molar refractivity (Wildman–Crippen MR) is 139 cm³/mol. The second kappa shape index (κ2) is 11.6. The van der Waals surface area contributed by atoms with E-state index in [0.29, 0.717) is 26.9 Å². The number of nitrogens with zero attached hydrogens (tertiary/aromatic N) is 2. The number of non-ortho nitro benzene ring substituents is 1. The van der Waals surface area contributed by atoms with Crippen LogP contribution in [0.5, 0.6) is 11.5 Å². The van der Waals surface area contributed by atoms with E-state index in [1.54, 1.807) is 12.1 Å². The highest BCUT2D eigenvalue weighted by Gasteiger charge is 2.17. The zero-order valence-electron chi connectivity index (χ0n) is 18.7. The van der Waals surface area contributed by atoms with Crippen LogP contribution < -0.4 is 14.8 Å². The predicted octanol–water partition coefficient (Wildman–Crippen LogP) is 6.56. The summed E-state index contributed by atoms with van der Waals surface area (Å²) in [7, 11) is 1.37. The van der Waals surface area contributed by atoms with Gasteiger partial charge in [0.15, 0.2) is 0 Å². The van der Waals surface area contributed by atoms with Gasteiger partial charge in [-0.2, -0.15) is 5.26 Å². The number of anilines is 1. The summed E-state index contributed by atoms with van der Waals surface area (Å²) in [4.78, 5) is 23.2. The molecule has 178 valence electrons. The number of ether oxygens (including phenoxy) is 2. The molecule has 0 aliphatic carbocycles. The summed E-state index contributed by atoms with van der Waals surface area (Å²) in [6.45, 7) is 2.37. The number of carbonyl (C=O) groups is 1. The van der Waals surface area contributed by atoms with Crippen molar-refractivity contribution in [3.8, 4) is 17.6 Å². The average molecular weight is 601 g/mol. The van der Waals surface area contributed by atoms with Crippen LogP contribution in [-0.2, 0) is 11.4 Å². The maximum absolute atomic E-state index is 12.7. The van der Waals surface area contributed by atoms with Gasteiger partial charge in [0.1, 0.15) is 29.7 Å². The third kappa shape index (κ3) is 6.68. The monoisotopic (exact) mass is 599 g/mol. The Labute approximate surface area is 218 Å². The summed E-state index contributed by atoms with van der Waals surface area (Å²) in [5.41, 5.74) is 2.37. The first-order valence-corrected chi connectivity index (χ1v) is 11.7. The van der Waals surface area contributed by atoms with Gasteiger partial charge in [0.05, 0.1) is 26.7 Å². The standard InChI is InChI=1S/C25H19Br2N3O5/c1-15-4-3-5-16(8-15)14-35-24-20(26)10-17(11-21(24)27)9-18(13-28)25(31)29-22-12-19(30(32)33)6-7-23(22)34-2/h3-12H,14H2,1-2H3,(H,29,31)/b18-9+. The van der Waals surface area contributed by atoms with E-state index in [1.807, 2.05) is 37.3 Å². The zero-order valence-corrected chi connectivity index (χ0v) is 21.8. The topological polar surface area (TPSA) is 114 Å². The molecule has 0 saturated carbocycles. The normalized spacial score (nSPS) is 10.9. The summed E-state index contributed by atoms with van der Waals surface area (Å²) in [5.74, 6) is 0.0631. The minimum absolute atomic E-state index is 0.0788. The summed E-state index contributed by atoms with van der Waals surface area (Å²) >= 11 is 6.96. The molecule has 0 spiro atoms. The van der Waals surface area contributed by atoms with Crippen LogP contribution in [0.3, 0.4) is 0 Å². The summed E-state index contributed by atoms with van der Waals surface area (Å²) in [6, 6.07) is 17.1. The molecule has 3 aromatic rings. The number of nitriles is 1. The van der Waals surface area contributed by atoms with E-state index < -0.39 is 10.8 Å². The van der Waals surface area contributed by atoms with Crippen molar-refractivity contribution in [3.05, 3.63) is 95.9 Å². The fourth-order valence-electron chi connectivity index (χ4n) is 3.17. The third-order valence-electron chi connectivity index (χ3n) is 4.80. The van der Waals surface area contributed by atoms with Crippen molar-refractivity contribution in [2.75, 3.05) is 12.4 Å². The lowest BCUT2D eigenvalue weighted by molar-refractivity contribution is -0.384. The van der Waals surface area contributed by atoms with Crippen LogP contribution in [0.1, 0.15) is 16.7 Å². The van der Waals surface area contributed by atoms with Gasteiger partial charge in [-0.25, -0.2) is 0 Å². The summed E-state index contributed by atoms with van der Waals surface area (Å²) in [6.07, 6.45) is 1.40. The molecule has 1 N–H and O–H groups in total. The molecule has 3 aromatic carbocycles. The van der Waals surface area contributed by atoms with Gasteiger partial charge in [0.25, 0.3) is 11.6 Å². The van der Waals surface area contributed by atoms with Gasteiger partial charge < -0.3 is 14.8 Å². The molecule has 0 atom stereocenters. The molecule has 0 saturated heterocycles. The fraction of sp³-hybridized carbons (Fsp3) is 0.120. The Kier molecular flexibility index (Phi) is 8.63. The maximum atomic E-state index is 12.7. The highest BCUT2D eigenvalue weighted by atomic mass is 79.9. The van der Waals surface area contributed by atoms with Crippen LogP contribution in [0.15, 0.2) is 69.1 Å². The van der Waals surface area contributed by atoms with E-state index >= 15 is 0 Å². The molecule has 8 nitrogen and oxygen atoms in total. The number of nitro groups is 1. The molecule has 0 unspecified atom stereocenters. The van der Waals surface area contributed by atoms with E-state index in [0.717, 1.165) is 11.1 Å². The van der Waals surface area contributed by atoms with Crippen molar-refractivity contribution in [2.24, 2.45) is 0 Å². The number of rotatable bonds is 8. The van der Waals surface area contributed by atoms with Gasteiger partial charge in [-0.1, -0.05) is 29.8 Å². The first-order valence-electron chi connectivity index (χ1n) is 10.1. The lowest BCUT2D eigenvalue weighted by atomic mass is 10.1. The second-order valence-corrected chi connectivity index (χ2v) is 9.07. The van der Waals surface area contributed by atoms with Crippen molar-refractivity contribution in [1.29, 1.82) is 5.26 Å². The number of benzene rings is 3. The van der Waals surface area contributed by atoms with Gasteiger partial charge in [0.2, 0.25) is 0 Å². The van der Waals surface area contributed by atoms with Crippen LogP contribution >= 0.6 is 31.9 Å². The quantitative estimate of drug-likeness (QED) is 0.135. The molecule has 0 radical (unpaired) electrons. The van der Waals surface area contributed by atoms with Crippen LogP contribution in [0.25, 0.3) is 6.08 Å². The van der Waals surface area contributed by atoms with Crippen molar-refractivity contribution in [1.82, 2.24) is 0 Å². The van der Waals surface area contributed by atoms with Crippen LogP contribution in [0.2, 0.25) is 0 Å². The first-order chi connectivity index (χ1) is 16.7. The molecule has 0 fully saturated rings. The van der Waals surface area contributed by atoms with E-state index in [2.05, 4.69) is 37.2 Å². The molecule has 0 aromatic heterocycles. The molecular formula is C25H19Br2N3O5. The molecule has 0 aliphatic heterocycles. The number of nitro benzene ring substituents is 1. The van der Waals surface area contributed by atoms with Gasteiger partial charge in [-0.3, -0.25) is 14.9 Å². The van der Waals surface area contributed by atoms with Crippen LogP contribution in [0.4, 0.5) is 11.4 Å². The van der Waals surface area contributed by atoms with Crippen molar-refractivity contribution < 1.29 is 19.2 Å². The Hall–Kier alpha value is -3.68. The Morgan fingerprint density at radius 1 is 1.17 bits per heavy atom. The van der Waals surface area contributed by atoms with Crippen LogP contribution in [0, 0.1) is 28.4 Å². The maximum Gasteiger partial charge on any atom is 0.271 e.